The minimum atomic E-state index is -4.18. The number of hydrogen-bond donors (Lipinski definition) is 0. The van der Waals surface area contributed by atoms with Gasteiger partial charge in [0.05, 0.1) is 24.4 Å². The van der Waals surface area contributed by atoms with Crippen molar-refractivity contribution in [2.75, 3.05) is 13.2 Å². The molecule has 0 N–H and O–H groups in total. The van der Waals surface area contributed by atoms with Gasteiger partial charge in [0.25, 0.3) is 9.05 Å². The number of ether oxygens (including phenoxy) is 1. The maximum atomic E-state index is 11.2. The van der Waals surface area contributed by atoms with Crippen LogP contribution in [0.25, 0.3) is 0 Å². The largest absolute Gasteiger partial charge is 0.410 e. The van der Waals surface area contributed by atoms with Gasteiger partial charge in [-0.15, -0.1) is 0 Å². The Balaban J connectivity index is 2.30. The third kappa shape index (κ3) is 2.79. The standard InChI is InChI=1S/C8H10ClN3O5S/c9-18(15,16)7-4-11(10-8(7)12(13)14)3-6-1-2-17-5-6/h4,6H,1-3,5H2. The second kappa shape index (κ2) is 4.82. The van der Waals surface area contributed by atoms with Crippen LogP contribution < -0.4 is 0 Å². The molecule has 0 amide bonds. The van der Waals surface area contributed by atoms with E-state index in [1.807, 2.05) is 0 Å². The lowest BCUT2D eigenvalue weighted by molar-refractivity contribution is -0.392. The van der Waals surface area contributed by atoms with Crippen molar-refractivity contribution >= 4 is 25.6 Å². The minimum absolute atomic E-state index is 0.176. The number of rotatable bonds is 4. The van der Waals surface area contributed by atoms with Crippen LogP contribution in [0.15, 0.2) is 11.1 Å². The Morgan fingerprint density at radius 3 is 2.83 bits per heavy atom. The molecule has 10 heteroatoms. The molecule has 8 nitrogen and oxygen atoms in total. The molecular formula is C8H10ClN3O5S. The third-order valence-electron chi connectivity index (χ3n) is 2.61. The van der Waals surface area contributed by atoms with Gasteiger partial charge in [0.1, 0.15) is 0 Å². The summed E-state index contributed by atoms with van der Waals surface area (Å²) in [5, 5.41) is 14.3. The lowest BCUT2D eigenvalue weighted by Crippen LogP contribution is -2.11. The van der Waals surface area contributed by atoms with Gasteiger partial charge in [0, 0.05) is 23.2 Å². The first-order chi connectivity index (χ1) is 8.38. The Kier molecular flexibility index (Phi) is 3.55. The molecule has 1 aliphatic heterocycles. The zero-order valence-corrected chi connectivity index (χ0v) is 10.7. The molecule has 0 aromatic carbocycles. The molecule has 1 saturated heterocycles. The van der Waals surface area contributed by atoms with E-state index in [1.165, 1.54) is 4.68 Å². The van der Waals surface area contributed by atoms with Crippen molar-refractivity contribution in [2.24, 2.45) is 5.92 Å². The molecule has 1 aliphatic rings. The van der Waals surface area contributed by atoms with E-state index in [-0.39, 0.29) is 5.92 Å². The fraction of sp³-hybridized carbons (Fsp3) is 0.625. The maximum absolute atomic E-state index is 11.2. The van der Waals surface area contributed by atoms with Crippen molar-refractivity contribution < 1.29 is 18.1 Å². The third-order valence-corrected chi connectivity index (χ3v) is 3.93. The zero-order chi connectivity index (χ0) is 13.3. The highest BCUT2D eigenvalue weighted by atomic mass is 35.7. The Morgan fingerprint density at radius 2 is 2.39 bits per heavy atom. The van der Waals surface area contributed by atoms with E-state index in [4.69, 9.17) is 15.4 Å². The van der Waals surface area contributed by atoms with Gasteiger partial charge in [-0.2, -0.15) is 4.68 Å². The first-order valence-corrected chi connectivity index (χ1v) is 7.43. The highest BCUT2D eigenvalue weighted by Gasteiger charge is 2.31. The average Bonchev–Trinajstić information content (AvgIpc) is 2.85. The molecule has 100 valence electrons. The van der Waals surface area contributed by atoms with E-state index < -0.39 is 24.7 Å². The average molecular weight is 296 g/mol. The van der Waals surface area contributed by atoms with Crippen LogP contribution in [0, 0.1) is 16.0 Å². The summed E-state index contributed by atoms with van der Waals surface area (Å²) in [6.45, 7) is 1.54. The van der Waals surface area contributed by atoms with Crippen LogP contribution in [0.5, 0.6) is 0 Å². The summed E-state index contributed by atoms with van der Waals surface area (Å²) < 4.78 is 28.8. The number of aromatic nitrogens is 2. The van der Waals surface area contributed by atoms with E-state index in [2.05, 4.69) is 5.10 Å². The molecule has 2 rings (SSSR count). The quantitative estimate of drug-likeness (QED) is 0.461. The Morgan fingerprint density at radius 1 is 1.67 bits per heavy atom. The van der Waals surface area contributed by atoms with E-state index in [0.717, 1.165) is 12.6 Å². The van der Waals surface area contributed by atoms with Crippen LogP contribution in [0.1, 0.15) is 6.42 Å². The number of nitrogens with zero attached hydrogens (tertiary/aromatic N) is 3. The Bertz CT molecular complexity index is 563. The maximum Gasteiger partial charge on any atom is 0.410 e. The van der Waals surface area contributed by atoms with Crippen molar-refractivity contribution in [3.63, 3.8) is 0 Å². The first kappa shape index (κ1) is 13.2. The predicted molar refractivity (Wildman–Crippen MR) is 60.8 cm³/mol. The normalized spacial score (nSPS) is 20.2. The van der Waals surface area contributed by atoms with Crippen molar-refractivity contribution in [2.45, 2.75) is 17.9 Å². The second-order valence-corrected chi connectivity index (χ2v) is 6.50. The molecule has 1 fully saturated rings. The predicted octanol–water partition coefficient (Wildman–Crippen LogP) is 0.755. The summed E-state index contributed by atoms with van der Waals surface area (Å²) in [7, 11) is 0.952. The van der Waals surface area contributed by atoms with Crippen LogP contribution in [-0.2, 0) is 20.3 Å². The zero-order valence-electron chi connectivity index (χ0n) is 9.15. The smallest absolute Gasteiger partial charge is 0.381 e. The van der Waals surface area contributed by atoms with Gasteiger partial charge in [0.15, 0.2) is 0 Å². The molecule has 1 aromatic rings. The van der Waals surface area contributed by atoms with E-state index >= 15 is 0 Å². The summed E-state index contributed by atoms with van der Waals surface area (Å²) in [5.41, 5.74) is 0. The number of hydrogen-bond acceptors (Lipinski definition) is 6. The fourth-order valence-electron chi connectivity index (χ4n) is 1.78. The molecule has 0 bridgehead atoms. The summed E-state index contributed by atoms with van der Waals surface area (Å²) in [6.07, 6.45) is 1.90. The van der Waals surface area contributed by atoms with Crippen LogP contribution in [0.3, 0.4) is 0 Å². The summed E-state index contributed by atoms with van der Waals surface area (Å²) in [6, 6.07) is 0. The fourth-order valence-corrected chi connectivity index (χ4v) is 2.68. The Hall–Kier alpha value is -1.19. The van der Waals surface area contributed by atoms with Crippen molar-refractivity contribution in [1.29, 1.82) is 0 Å². The highest BCUT2D eigenvalue weighted by Crippen LogP contribution is 2.26. The topological polar surface area (TPSA) is 104 Å². The molecule has 1 aromatic heterocycles. The molecule has 0 aliphatic carbocycles. The number of halogens is 1. The van der Waals surface area contributed by atoms with E-state index in [0.29, 0.717) is 19.8 Å². The summed E-state index contributed by atoms with van der Waals surface area (Å²) in [5.74, 6) is -0.570. The summed E-state index contributed by atoms with van der Waals surface area (Å²) >= 11 is 0. The van der Waals surface area contributed by atoms with Crippen LogP contribution >= 0.6 is 10.7 Å². The van der Waals surface area contributed by atoms with E-state index in [1.54, 1.807) is 0 Å². The van der Waals surface area contributed by atoms with E-state index in [9.17, 15) is 18.5 Å². The Labute approximate surface area is 107 Å². The lowest BCUT2D eigenvalue weighted by atomic mass is 10.1. The van der Waals surface area contributed by atoms with Gasteiger partial charge in [-0.1, -0.05) is 0 Å². The van der Waals surface area contributed by atoms with Crippen LogP contribution in [0.2, 0.25) is 0 Å². The molecular weight excluding hydrogens is 286 g/mol. The van der Waals surface area contributed by atoms with Gasteiger partial charge >= 0.3 is 5.82 Å². The molecule has 2 heterocycles. The molecule has 1 unspecified atom stereocenters. The monoisotopic (exact) mass is 295 g/mol. The summed E-state index contributed by atoms with van der Waals surface area (Å²) in [4.78, 5) is 9.26. The molecule has 1 atom stereocenters. The van der Waals surface area contributed by atoms with Crippen molar-refractivity contribution in [1.82, 2.24) is 9.78 Å². The first-order valence-electron chi connectivity index (χ1n) is 5.12. The van der Waals surface area contributed by atoms with Crippen molar-refractivity contribution in [3.05, 3.63) is 16.3 Å². The lowest BCUT2D eigenvalue weighted by Gasteiger charge is -2.02. The molecule has 0 radical (unpaired) electrons. The highest BCUT2D eigenvalue weighted by molar-refractivity contribution is 8.13. The molecule has 0 spiro atoms. The van der Waals surface area contributed by atoms with Crippen LogP contribution in [0.4, 0.5) is 5.82 Å². The van der Waals surface area contributed by atoms with Crippen molar-refractivity contribution in [3.8, 4) is 0 Å². The van der Waals surface area contributed by atoms with Gasteiger partial charge in [-0.05, 0) is 11.3 Å². The molecule has 18 heavy (non-hydrogen) atoms. The van der Waals surface area contributed by atoms with Gasteiger partial charge in [-0.3, -0.25) is 0 Å². The molecule has 0 saturated carbocycles. The minimum Gasteiger partial charge on any atom is -0.381 e. The number of nitro groups is 1. The van der Waals surface area contributed by atoms with Gasteiger partial charge in [-0.25, -0.2) is 8.42 Å². The SMILES string of the molecule is O=[N+]([O-])c1nn(CC2CCOC2)cc1S(=O)(=O)Cl. The second-order valence-electron chi connectivity index (χ2n) is 3.96. The van der Waals surface area contributed by atoms with Crippen LogP contribution in [-0.4, -0.2) is 36.3 Å². The van der Waals surface area contributed by atoms with Gasteiger partial charge in [0.2, 0.25) is 4.90 Å². The van der Waals surface area contributed by atoms with Gasteiger partial charge < -0.3 is 14.9 Å².